The van der Waals surface area contributed by atoms with Gasteiger partial charge in [-0.15, -0.1) is 0 Å². The lowest BCUT2D eigenvalue weighted by atomic mass is 9.86. The molecule has 4 nitrogen and oxygen atoms in total. The number of nitrogen functional groups attached to an aromatic ring is 1. The van der Waals surface area contributed by atoms with Crippen molar-refractivity contribution in [3.05, 3.63) is 11.9 Å². The third-order valence-electron chi connectivity index (χ3n) is 4.22. The van der Waals surface area contributed by atoms with Gasteiger partial charge in [-0.3, -0.25) is 0 Å². The maximum absolute atomic E-state index is 5.97. The number of nitrogens with zero attached hydrogens (tertiary/aromatic N) is 3. The molecule has 2 atom stereocenters. The first-order valence-electron chi connectivity index (χ1n) is 7.65. The lowest BCUT2D eigenvalue weighted by Gasteiger charge is -2.35. The molecule has 1 aliphatic carbocycles. The van der Waals surface area contributed by atoms with Crippen LogP contribution in [0.3, 0.4) is 0 Å². The van der Waals surface area contributed by atoms with E-state index in [9.17, 15) is 0 Å². The molecule has 2 N–H and O–H groups in total. The highest BCUT2D eigenvalue weighted by atomic mass is 15.2. The highest BCUT2D eigenvalue weighted by Gasteiger charge is 2.25. The third kappa shape index (κ3) is 3.41. The van der Waals surface area contributed by atoms with Gasteiger partial charge >= 0.3 is 0 Å². The van der Waals surface area contributed by atoms with Crippen LogP contribution in [0.25, 0.3) is 0 Å². The number of hydrogen-bond donors (Lipinski definition) is 1. The molecule has 1 aromatic heterocycles. The van der Waals surface area contributed by atoms with Gasteiger partial charge in [0.15, 0.2) is 0 Å². The van der Waals surface area contributed by atoms with E-state index in [4.69, 9.17) is 10.7 Å². The van der Waals surface area contributed by atoms with Gasteiger partial charge in [0.25, 0.3) is 0 Å². The topological polar surface area (TPSA) is 55.0 Å². The normalized spacial score (nSPS) is 23.6. The molecule has 1 fully saturated rings. The molecule has 1 heterocycles. The Morgan fingerprint density at radius 3 is 2.55 bits per heavy atom. The fourth-order valence-electron chi connectivity index (χ4n) is 2.91. The van der Waals surface area contributed by atoms with Crippen LogP contribution in [0.4, 0.5) is 11.6 Å². The highest BCUT2D eigenvalue weighted by Crippen LogP contribution is 2.30. The SMILES string of the molecule is CC1CCCC(N(C)c2cc(N)nc(C(C)(C)C)n2)C1. The van der Waals surface area contributed by atoms with E-state index in [0.29, 0.717) is 11.9 Å². The van der Waals surface area contributed by atoms with E-state index in [1.807, 2.05) is 6.07 Å². The van der Waals surface area contributed by atoms with Crippen LogP contribution in [0.5, 0.6) is 0 Å². The Hall–Kier alpha value is -1.32. The van der Waals surface area contributed by atoms with Gasteiger partial charge in [0.05, 0.1) is 0 Å². The summed E-state index contributed by atoms with van der Waals surface area (Å²) in [7, 11) is 2.14. The summed E-state index contributed by atoms with van der Waals surface area (Å²) in [5.41, 5.74) is 5.89. The van der Waals surface area contributed by atoms with E-state index in [-0.39, 0.29) is 5.41 Å². The summed E-state index contributed by atoms with van der Waals surface area (Å²) in [6.45, 7) is 8.70. The molecule has 1 aromatic rings. The summed E-state index contributed by atoms with van der Waals surface area (Å²) >= 11 is 0. The second-order valence-corrected chi connectivity index (χ2v) is 7.26. The van der Waals surface area contributed by atoms with Crippen molar-refractivity contribution in [2.45, 2.75) is 64.8 Å². The van der Waals surface area contributed by atoms with E-state index in [2.05, 4.69) is 44.6 Å². The minimum Gasteiger partial charge on any atom is -0.384 e. The number of rotatable bonds is 2. The minimum absolute atomic E-state index is 0.0785. The molecule has 0 aliphatic heterocycles. The molecule has 0 radical (unpaired) electrons. The van der Waals surface area contributed by atoms with Crippen molar-refractivity contribution >= 4 is 11.6 Å². The Bertz CT molecular complexity index is 464. The molecular formula is C16H28N4. The lowest BCUT2D eigenvalue weighted by molar-refractivity contribution is 0.335. The van der Waals surface area contributed by atoms with Crippen LogP contribution in [0.2, 0.25) is 0 Å². The zero-order valence-corrected chi connectivity index (χ0v) is 13.5. The number of anilines is 2. The molecule has 2 unspecified atom stereocenters. The Morgan fingerprint density at radius 1 is 1.25 bits per heavy atom. The van der Waals surface area contributed by atoms with Crippen LogP contribution in [0.1, 0.15) is 59.2 Å². The van der Waals surface area contributed by atoms with Gasteiger partial charge in [-0.2, -0.15) is 0 Å². The van der Waals surface area contributed by atoms with Crippen molar-refractivity contribution in [2.24, 2.45) is 5.92 Å². The molecule has 112 valence electrons. The molecule has 0 spiro atoms. The van der Waals surface area contributed by atoms with Crippen molar-refractivity contribution in [2.75, 3.05) is 17.7 Å². The molecule has 1 saturated carbocycles. The van der Waals surface area contributed by atoms with E-state index in [1.165, 1.54) is 25.7 Å². The first-order valence-corrected chi connectivity index (χ1v) is 7.65. The summed E-state index contributed by atoms with van der Waals surface area (Å²) < 4.78 is 0. The third-order valence-corrected chi connectivity index (χ3v) is 4.22. The maximum atomic E-state index is 5.97. The summed E-state index contributed by atoms with van der Waals surface area (Å²) in [4.78, 5) is 11.4. The van der Waals surface area contributed by atoms with Crippen molar-refractivity contribution in [3.8, 4) is 0 Å². The highest BCUT2D eigenvalue weighted by molar-refractivity contribution is 5.47. The van der Waals surface area contributed by atoms with Crippen molar-refractivity contribution < 1.29 is 0 Å². The molecule has 20 heavy (non-hydrogen) atoms. The Labute approximate surface area is 122 Å². The van der Waals surface area contributed by atoms with Crippen molar-refractivity contribution in [3.63, 3.8) is 0 Å². The molecular weight excluding hydrogens is 248 g/mol. The van der Waals surface area contributed by atoms with Gasteiger partial charge in [0.1, 0.15) is 17.5 Å². The number of nitrogens with two attached hydrogens (primary N) is 1. The maximum Gasteiger partial charge on any atom is 0.138 e. The van der Waals surface area contributed by atoms with Crippen LogP contribution < -0.4 is 10.6 Å². The van der Waals surface area contributed by atoms with Gasteiger partial charge in [-0.1, -0.05) is 40.5 Å². The number of hydrogen-bond acceptors (Lipinski definition) is 4. The monoisotopic (exact) mass is 276 g/mol. The molecule has 0 aromatic carbocycles. The van der Waals surface area contributed by atoms with Crippen LogP contribution in [0.15, 0.2) is 6.07 Å². The smallest absolute Gasteiger partial charge is 0.138 e. The van der Waals surface area contributed by atoms with Crippen LogP contribution >= 0.6 is 0 Å². The van der Waals surface area contributed by atoms with Gasteiger partial charge in [-0.05, 0) is 18.8 Å². The summed E-state index contributed by atoms with van der Waals surface area (Å²) in [5.74, 6) is 3.15. The standard InChI is InChI=1S/C16H28N4/c1-11-7-6-8-12(9-11)20(5)14-10-13(17)18-15(19-14)16(2,3)4/h10-12H,6-9H2,1-5H3,(H2,17,18,19). The predicted octanol–water partition coefficient (Wildman–Crippen LogP) is 3.37. The van der Waals surface area contributed by atoms with E-state index >= 15 is 0 Å². The average Bonchev–Trinajstić information content (AvgIpc) is 2.36. The van der Waals surface area contributed by atoms with Gasteiger partial charge < -0.3 is 10.6 Å². The fourth-order valence-corrected chi connectivity index (χ4v) is 2.91. The summed E-state index contributed by atoms with van der Waals surface area (Å²) in [6, 6.07) is 2.47. The van der Waals surface area contributed by atoms with Gasteiger partial charge in [0, 0.05) is 24.6 Å². The van der Waals surface area contributed by atoms with Crippen molar-refractivity contribution in [1.82, 2.24) is 9.97 Å². The first-order chi connectivity index (χ1) is 9.27. The second-order valence-electron chi connectivity index (χ2n) is 7.26. The average molecular weight is 276 g/mol. The second kappa shape index (κ2) is 5.58. The largest absolute Gasteiger partial charge is 0.384 e. The molecule has 2 rings (SSSR count). The molecule has 4 heteroatoms. The van der Waals surface area contributed by atoms with E-state index in [1.54, 1.807) is 0 Å². The quantitative estimate of drug-likeness (QED) is 0.899. The molecule has 0 bridgehead atoms. The van der Waals surface area contributed by atoms with Gasteiger partial charge in [0.2, 0.25) is 0 Å². The van der Waals surface area contributed by atoms with Crippen LogP contribution in [0, 0.1) is 5.92 Å². The van der Waals surface area contributed by atoms with Crippen molar-refractivity contribution in [1.29, 1.82) is 0 Å². The van der Waals surface area contributed by atoms with Crippen LogP contribution in [-0.2, 0) is 5.41 Å². The predicted molar refractivity (Wildman–Crippen MR) is 85.0 cm³/mol. The van der Waals surface area contributed by atoms with Gasteiger partial charge in [-0.25, -0.2) is 9.97 Å². The molecule has 1 aliphatic rings. The van der Waals surface area contributed by atoms with E-state index < -0.39 is 0 Å². The zero-order valence-electron chi connectivity index (χ0n) is 13.5. The number of aromatic nitrogens is 2. The first kappa shape index (κ1) is 15.1. The zero-order chi connectivity index (χ0) is 14.9. The molecule has 0 amide bonds. The van der Waals surface area contributed by atoms with E-state index in [0.717, 1.165) is 17.6 Å². The lowest BCUT2D eigenvalue weighted by Crippen LogP contribution is -2.36. The Balaban J connectivity index is 2.25. The Kier molecular flexibility index (Phi) is 4.21. The minimum atomic E-state index is -0.0785. The van der Waals surface area contributed by atoms with Crippen LogP contribution in [-0.4, -0.2) is 23.1 Å². The molecule has 0 saturated heterocycles. The summed E-state index contributed by atoms with van der Waals surface area (Å²) in [5, 5.41) is 0. The summed E-state index contributed by atoms with van der Waals surface area (Å²) in [6.07, 6.45) is 5.15. The Morgan fingerprint density at radius 2 is 1.95 bits per heavy atom. The fraction of sp³-hybridized carbons (Fsp3) is 0.750.